The summed E-state index contributed by atoms with van der Waals surface area (Å²) in [5.41, 5.74) is 3.54. The van der Waals surface area contributed by atoms with E-state index in [4.69, 9.17) is 16.7 Å². The number of carboxylic acids is 1. The number of nitrogens with zero attached hydrogens (tertiary/aromatic N) is 2. The summed E-state index contributed by atoms with van der Waals surface area (Å²) in [4.78, 5) is 24.3. The third kappa shape index (κ3) is 6.28. The third-order valence-electron chi connectivity index (χ3n) is 5.53. The van der Waals surface area contributed by atoms with Crippen LogP contribution < -0.4 is 5.32 Å². The quantitative estimate of drug-likeness (QED) is 0.423. The molecule has 1 heterocycles. The van der Waals surface area contributed by atoms with Gasteiger partial charge < -0.3 is 10.4 Å². The highest BCUT2D eigenvalue weighted by Gasteiger charge is 2.32. The molecule has 3 aromatic rings. The fourth-order valence-corrected chi connectivity index (χ4v) is 4.27. The predicted octanol–water partition coefficient (Wildman–Crippen LogP) is 6.20. The highest BCUT2D eigenvalue weighted by Crippen LogP contribution is 2.34. The molecule has 1 amide bonds. The highest BCUT2D eigenvalue weighted by molar-refractivity contribution is 6.31. The average molecular weight is 500 g/mol. The molecule has 0 saturated carbocycles. The molecule has 0 saturated heterocycles. The monoisotopic (exact) mass is 499 g/mol. The minimum Gasteiger partial charge on any atom is -0.481 e. The van der Waals surface area contributed by atoms with Gasteiger partial charge in [0.1, 0.15) is 5.82 Å². The summed E-state index contributed by atoms with van der Waals surface area (Å²) in [6.07, 6.45) is -0.0915. The van der Waals surface area contributed by atoms with Crippen molar-refractivity contribution < 1.29 is 19.1 Å². The molecule has 0 atom stereocenters. The molecule has 0 spiro atoms. The van der Waals surface area contributed by atoms with E-state index in [-0.39, 0.29) is 28.2 Å². The van der Waals surface area contributed by atoms with Crippen LogP contribution in [0.1, 0.15) is 74.4 Å². The minimum atomic E-state index is -0.890. The second-order valence-corrected chi connectivity index (χ2v) is 11.1. The molecule has 0 unspecified atom stereocenters. The molecule has 0 bridgehead atoms. The van der Waals surface area contributed by atoms with Crippen molar-refractivity contribution in [3.63, 3.8) is 0 Å². The second kappa shape index (κ2) is 9.82. The van der Waals surface area contributed by atoms with E-state index in [1.54, 1.807) is 12.1 Å². The maximum Gasteiger partial charge on any atom is 0.307 e. The zero-order valence-corrected chi connectivity index (χ0v) is 21.6. The van der Waals surface area contributed by atoms with Gasteiger partial charge in [0.25, 0.3) is 5.91 Å². The molecule has 1 aromatic heterocycles. The van der Waals surface area contributed by atoms with Crippen LogP contribution in [0.25, 0.3) is 0 Å². The van der Waals surface area contributed by atoms with E-state index in [1.807, 2.05) is 58.4 Å². The lowest BCUT2D eigenvalue weighted by Gasteiger charge is -2.23. The van der Waals surface area contributed by atoms with Crippen molar-refractivity contribution in [1.82, 2.24) is 9.78 Å². The van der Waals surface area contributed by atoms with Crippen LogP contribution in [0.5, 0.6) is 0 Å². The van der Waals surface area contributed by atoms with Crippen molar-refractivity contribution >= 4 is 29.2 Å². The van der Waals surface area contributed by atoms with E-state index in [9.17, 15) is 19.1 Å². The van der Waals surface area contributed by atoms with Crippen molar-refractivity contribution in [2.24, 2.45) is 0 Å². The molecule has 0 fully saturated rings. The summed E-state index contributed by atoms with van der Waals surface area (Å²) in [5.74, 6) is -1.78. The van der Waals surface area contributed by atoms with Crippen molar-refractivity contribution in [2.45, 2.75) is 65.3 Å². The first-order valence-electron chi connectivity index (χ1n) is 11.3. The first kappa shape index (κ1) is 26.4. The Morgan fingerprint density at radius 2 is 1.66 bits per heavy atom. The fourth-order valence-electron chi connectivity index (χ4n) is 4.09. The van der Waals surface area contributed by atoms with Crippen LogP contribution in [0, 0.1) is 5.82 Å². The zero-order valence-electron chi connectivity index (χ0n) is 20.9. The molecule has 2 aromatic carbocycles. The van der Waals surface area contributed by atoms with Gasteiger partial charge in [-0.15, -0.1) is 0 Å². The highest BCUT2D eigenvalue weighted by atomic mass is 35.5. The Morgan fingerprint density at radius 3 is 2.17 bits per heavy atom. The summed E-state index contributed by atoms with van der Waals surface area (Å²) < 4.78 is 15.2. The molecule has 6 nitrogen and oxygen atoms in total. The lowest BCUT2D eigenvalue weighted by molar-refractivity contribution is -0.136. The predicted molar refractivity (Wildman–Crippen MR) is 136 cm³/mol. The van der Waals surface area contributed by atoms with Crippen LogP contribution in [-0.2, 0) is 28.6 Å². The van der Waals surface area contributed by atoms with E-state index < -0.39 is 11.8 Å². The Kier molecular flexibility index (Phi) is 7.41. The average Bonchev–Trinajstić information content (AvgIpc) is 3.09. The van der Waals surface area contributed by atoms with Gasteiger partial charge in [0.15, 0.2) is 0 Å². The van der Waals surface area contributed by atoms with Gasteiger partial charge in [0.05, 0.1) is 23.7 Å². The summed E-state index contributed by atoms with van der Waals surface area (Å²) in [6, 6.07) is 11.1. The Labute approximate surface area is 210 Å². The number of rotatable bonds is 6. The van der Waals surface area contributed by atoms with Crippen LogP contribution in [0.2, 0.25) is 5.02 Å². The van der Waals surface area contributed by atoms with Gasteiger partial charge in [-0.3, -0.25) is 14.3 Å². The summed E-state index contributed by atoms with van der Waals surface area (Å²) in [6.45, 7) is 12.7. The smallest absolute Gasteiger partial charge is 0.307 e. The molecular weight excluding hydrogens is 469 g/mol. The van der Waals surface area contributed by atoms with E-state index in [2.05, 4.69) is 5.32 Å². The number of benzene rings is 2. The number of aromatic nitrogens is 2. The SMILES string of the molecule is CC(C)(C)c1nn(Cc2ccc(C(=O)Nc3ccc(F)c(Cl)c3)cc2)c(C(C)(C)C)c1CC(=O)O. The lowest BCUT2D eigenvalue weighted by atomic mass is 9.82. The number of carboxylic acid groups (broad SMARTS) is 1. The summed E-state index contributed by atoms with van der Waals surface area (Å²) in [7, 11) is 0. The molecule has 0 radical (unpaired) electrons. The summed E-state index contributed by atoms with van der Waals surface area (Å²) in [5, 5.41) is 17.1. The van der Waals surface area contributed by atoms with Crippen molar-refractivity contribution in [2.75, 3.05) is 5.32 Å². The van der Waals surface area contributed by atoms with Gasteiger partial charge in [-0.05, 0) is 35.9 Å². The fraction of sp³-hybridized carbons (Fsp3) is 0.370. The normalized spacial score (nSPS) is 12.0. The Bertz CT molecular complexity index is 1250. The Hall–Kier alpha value is -3.19. The number of nitrogens with one attached hydrogen (secondary N) is 1. The Balaban J connectivity index is 1.89. The van der Waals surface area contributed by atoms with E-state index in [0.717, 1.165) is 22.5 Å². The third-order valence-corrected chi connectivity index (χ3v) is 5.81. The van der Waals surface area contributed by atoms with E-state index >= 15 is 0 Å². The molecule has 0 aliphatic heterocycles. The van der Waals surface area contributed by atoms with Gasteiger partial charge >= 0.3 is 5.97 Å². The number of aliphatic carboxylic acids is 1. The first-order chi connectivity index (χ1) is 16.2. The second-order valence-electron chi connectivity index (χ2n) is 10.7. The van der Waals surface area contributed by atoms with Gasteiger partial charge in [-0.2, -0.15) is 5.10 Å². The molecule has 2 N–H and O–H groups in total. The van der Waals surface area contributed by atoms with Gasteiger partial charge in [0.2, 0.25) is 0 Å². The number of halogens is 2. The maximum absolute atomic E-state index is 13.4. The maximum atomic E-state index is 13.4. The van der Waals surface area contributed by atoms with Crippen LogP contribution in [0.15, 0.2) is 42.5 Å². The molecule has 0 aliphatic rings. The molecule has 0 aliphatic carbocycles. The summed E-state index contributed by atoms with van der Waals surface area (Å²) >= 11 is 5.79. The largest absolute Gasteiger partial charge is 0.481 e. The van der Waals surface area contributed by atoms with Crippen LogP contribution in [0.3, 0.4) is 0 Å². The van der Waals surface area contributed by atoms with E-state index in [1.165, 1.54) is 18.2 Å². The number of anilines is 1. The number of hydrogen-bond donors (Lipinski definition) is 2. The number of hydrogen-bond acceptors (Lipinski definition) is 3. The first-order valence-corrected chi connectivity index (χ1v) is 11.7. The molecular formula is C27H31ClFN3O3. The standard InChI is InChI=1S/C27H31ClFN3O3/c1-26(2,3)23-19(14-22(33)34)24(27(4,5)6)32(31-23)15-16-7-9-17(10-8-16)25(35)30-18-11-12-21(29)20(28)13-18/h7-13H,14-15H2,1-6H3,(H,30,35)(H,33,34). The van der Waals surface area contributed by atoms with Crippen molar-refractivity contribution in [3.8, 4) is 0 Å². The topological polar surface area (TPSA) is 84.2 Å². The lowest BCUT2D eigenvalue weighted by Crippen LogP contribution is -2.22. The molecule has 3 rings (SSSR count). The minimum absolute atomic E-state index is 0.0658. The number of carbonyl (C=O) groups is 2. The molecule has 186 valence electrons. The number of carbonyl (C=O) groups excluding carboxylic acids is 1. The van der Waals surface area contributed by atoms with E-state index in [0.29, 0.717) is 17.8 Å². The molecule has 8 heteroatoms. The van der Waals surface area contributed by atoms with Crippen molar-refractivity contribution in [3.05, 3.63) is 81.4 Å². The zero-order chi connectivity index (χ0) is 26.1. The van der Waals surface area contributed by atoms with Gasteiger partial charge in [-0.1, -0.05) is 65.3 Å². The van der Waals surface area contributed by atoms with Crippen LogP contribution in [-0.4, -0.2) is 26.8 Å². The van der Waals surface area contributed by atoms with Crippen LogP contribution >= 0.6 is 11.6 Å². The van der Waals surface area contributed by atoms with Gasteiger partial charge in [-0.25, -0.2) is 4.39 Å². The van der Waals surface area contributed by atoms with Crippen LogP contribution in [0.4, 0.5) is 10.1 Å². The Morgan fingerprint density at radius 1 is 1.03 bits per heavy atom. The number of amides is 1. The van der Waals surface area contributed by atoms with Gasteiger partial charge in [0, 0.05) is 33.3 Å². The van der Waals surface area contributed by atoms with Crippen molar-refractivity contribution in [1.29, 1.82) is 0 Å². The molecule has 35 heavy (non-hydrogen) atoms.